The molecule has 0 spiro atoms. The Labute approximate surface area is 167 Å². The second-order valence-corrected chi connectivity index (χ2v) is 6.38. The van der Waals surface area contributed by atoms with Crippen LogP contribution >= 0.6 is 0 Å². The standard InChI is InChI=1S/C21H21N5O3/c1-26-14-17(12-24-26)19-8-9-22-11-16(19)4-7-20(27)25-18-5-2-15(3-6-18)10-23-13-21(28)29/h2-9,11-12,14,23H,10,13H2,1H3,(H,25,27)(H,28,29). The molecule has 3 rings (SSSR count). The van der Waals surface area contributed by atoms with Crippen LogP contribution in [0.2, 0.25) is 0 Å². The summed E-state index contributed by atoms with van der Waals surface area (Å²) in [4.78, 5) is 26.9. The van der Waals surface area contributed by atoms with Gasteiger partial charge in [-0.05, 0) is 35.4 Å². The molecule has 148 valence electrons. The molecule has 0 unspecified atom stereocenters. The third-order valence-corrected chi connectivity index (χ3v) is 4.11. The maximum Gasteiger partial charge on any atom is 0.317 e. The summed E-state index contributed by atoms with van der Waals surface area (Å²) in [6, 6.07) is 9.08. The van der Waals surface area contributed by atoms with Gasteiger partial charge in [-0.15, -0.1) is 0 Å². The van der Waals surface area contributed by atoms with Crippen molar-refractivity contribution in [2.24, 2.45) is 7.05 Å². The lowest BCUT2D eigenvalue weighted by atomic mass is 10.0. The summed E-state index contributed by atoms with van der Waals surface area (Å²) < 4.78 is 1.72. The van der Waals surface area contributed by atoms with Crippen molar-refractivity contribution in [1.29, 1.82) is 0 Å². The average molecular weight is 391 g/mol. The molecule has 0 fully saturated rings. The first-order valence-electron chi connectivity index (χ1n) is 8.95. The fraction of sp³-hybridized carbons (Fsp3) is 0.143. The van der Waals surface area contributed by atoms with E-state index in [0.29, 0.717) is 12.2 Å². The average Bonchev–Trinajstić information content (AvgIpc) is 3.14. The normalized spacial score (nSPS) is 10.9. The van der Waals surface area contributed by atoms with Crippen LogP contribution in [0.15, 0.2) is 61.2 Å². The van der Waals surface area contributed by atoms with E-state index >= 15 is 0 Å². The Hall–Kier alpha value is -3.78. The lowest BCUT2D eigenvalue weighted by molar-refractivity contribution is -0.136. The van der Waals surface area contributed by atoms with E-state index in [1.165, 1.54) is 6.08 Å². The van der Waals surface area contributed by atoms with Gasteiger partial charge in [0.15, 0.2) is 0 Å². The minimum Gasteiger partial charge on any atom is -0.480 e. The SMILES string of the molecule is Cn1cc(-c2ccncc2C=CC(=O)Nc2ccc(CNCC(=O)O)cc2)cn1. The molecule has 29 heavy (non-hydrogen) atoms. The smallest absolute Gasteiger partial charge is 0.317 e. The van der Waals surface area contributed by atoms with Crippen LogP contribution < -0.4 is 10.6 Å². The summed E-state index contributed by atoms with van der Waals surface area (Å²) in [6.07, 6.45) is 10.2. The van der Waals surface area contributed by atoms with Crippen LogP contribution in [0.1, 0.15) is 11.1 Å². The molecule has 1 amide bonds. The molecule has 2 heterocycles. The first kappa shape index (κ1) is 20.0. The zero-order valence-corrected chi connectivity index (χ0v) is 15.9. The van der Waals surface area contributed by atoms with E-state index in [1.54, 1.807) is 41.5 Å². The van der Waals surface area contributed by atoms with Crippen molar-refractivity contribution >= 4 is 23.6 Å². The molecule has 2 aromatic heterocycles. The molecule has 8 heteroatoms. The van der Waals surface area contributed by atoms with Crippen molar-refractivity contribution in [2.75, 3.05) is 11.9 Å². The number of carbonyl (C=O) groups excluding carboxylic acids is 1. The molecule has 1 aromatic carbocycles. The number of nitrogens with one attached hydrogen (secondary N) is 2. The molecule has 8 nitrogen and oxygen atoms in total. The maximum absolute atomic E-state index is 12.3. The molecule has 0 atom stereocenters. The van der Waals surface area contributed by atoms with E-state index in [1.807, 2.05) is 31.4 Å². The molecule has 0 aliphatic carbocycles. The second-order valence-electron chi connectivity index (χ2n) is 6.38. The van der Waals surface area contributed by atoms with Crippen LogP contribution in [0, 0.1) is 0 Å². The molecule has 0 aliphatic heterocycles. The van der Waals surface area contributed by atoms with Crippen molar-refractivity contribution in [3.05, 3.63) is 72.3 Å². The molecule has 0 saturated heterocycles. The first-order valence-corrected chi connectivity index (χ1v) is 8.95. The highest BCUT2D eigenvalue weighted by Crippen LogP contribution is 2.23. The highest BCUT2D eigenvalue weighted by Gasteiger charge is 2.06. The summed E-state index contributed by atoms with van der Waals surface area (Å²) in [5.74, 6) is -1.16. The van der Waals surface area contributed by atoms with Crippen LogP contribution in [0.25, 0.3) is 17.2 Å². The predicted octanol–water partition coefficient (Wildman–Crippen LogP) is 2.31. The van der Waals surface area contributed by atoms with Gasteiger partial charge in [-0.1, -0.05) is 12.1 Å². The molecular formula is C21H21N5O3. The monoisotopic (exact) mass is 391 g/mol. The van der Waals surface area contributed by atoms with E-state index in [2.05, 4.69) is 20.7 Å². The Balaban J connectivity index is 1.61. The fourth-order valence-corrected chi connectivity index (χ4v) is 2.73. The highest BCUT2D eigenvalue weighted by molar-refractivity contribution is 6.02. The number of amides is 1. The van der Waals surface area contributed by atoms with Gasteiger partial charge < -0.3 is 15.7 Å². The highest BCUT2D eigenvalue weighted by atomic mass is 16.4. The molecule has 3 aromatic rings. The van der Waals surface area contributed by atoms with Gasteiger partial charge >= 0.3 is 5.97 Å². The van der Waals surface area contributed by atoms with Crippen LogP contribution in [0.5, 0.6) is 0 Å². The number of pyridine rings is 1. The largest absolute Gasteiger partial charge is 0.480 e. The van der Waals surface area contributed by atoms with Gasteiger partial charge in [0, 0.05) is 55.1 Å². The fourth-order valence-electron chi connectivity index (χ4n) is 2.73. The van der Waals surface area contributed by atoms with Crippen molar-refractivity contribution in [3.8, 4) is 11.1 Å². The number of aryl methyl sites for hydroxylation is 1. The van der Waals surface area contributed by atoms with Gasteiger partial charge in [0.1, 0.15) is 0 Å². The minimum absolute atomic E-state index is 0.0986. The number of hydrogen-bond donors (Lipinski definition) is 3. The van der Waals surface area contributed by atoms with E-state index in [4.69, 9.17) is 5.11 Å². The Morgan fingerprint density at radius 3 is 2.66 bits per heavy atom. The molecule has 0 saturated carbocycles. The number of aliphatic carboxylic acids is 1. The van der Waals surface area contributed by atoms with E-state index in [-0.39, 0.29) is 12.5 Å². The Morgan fingerprint density at radius 2 is 1.97 bits per heavy atom. The van der Waals surface area contributed by atoms with Gasteiger partial charge in [0.2, 0.25) is 5.91 Å². The number of carboxylic acids is 1. The zero-order chi connectivity index (χ0) is 20.6. The summed E-state index contributed by atoms with van der Waals surface area (Å²) in [7, 11) is 1.85. The third kappa shape index (κ3) is 5.85. The quantitative estimate of drug-likeness (QED) is 0.509. The number of carbonyl (C=O) groups is 2. The lowest BCUT2D eigenvalue weighted by Crippen LogP contribution is -2.21. The van der Waals surface area contributed by atoms with Crippen molar-refractivity contribution in [1.82, 2.24) is 20.1 Å². The Kier molecular flexibility index (Phi) is 6.49. The maximum atomic E-state index is 12.3. The van der Waals surface area contributed by atoms with Crippen LogP contribution in [0.3, 0.4) is 0 Å². The molecule has 0 radical (unpaired) electrons. The number of rotatable bonds is 8. The summed E-state index contributed by atoms with van der Waals surface area (Å²) >= 11 is 0. The number of aromatic nitrogens is 3. The number of anilines is 1. The van der Waals surface area contributed by atoms with Gasteiger partial charge in [0.05, 0.1) is 12.7 Å². The van der Waals surface area contributed by atoms with Gasteiger partial charge in [-0.25, -0.2) is 0 Å². The molecule has 0 bridgehead atoms. The summed E-state index contributed by atoms with van der Waals surface area (Å²) in [5, 5.41) is 18.4. The summed E-state index contributed by atoms with van der Waals surface area (Å²) in [5.41, 5.74) is 4.28. The van der Waals surface area contributed by atoms with Crippen LogP contribution in [0.4, 0.5) is 5.69 Å². The van der Waals surface area contributed by atoms with E-state index in [9.17, 15) is 9.59 Å². The van der Waals surface area contributed by atoms with Crippen molar-refractivity contribution in [2.45, 2.75) is 6.54 Å². The van der Waals surface area contributed by atoms with Gasteiger partial charge in [-0.3, -0.25) is 19.3 Å². The van der Waals surface area contributed by atoms with Crippen molar-refractivity contribution in [3.63, 3.8) is 0 Å². The second kappa shape index (κ2) is 9.43. The Bertz CT molecular complexity index is 1020. The molecule has 3 N–H and O–H groups in total. The van der Waals surface area contributed by atoms with Gasteiger partial charge in [-0.2, -0.15) is 5.10 Å². The summed E-state index contributed by atoms with van der Waals surface area (Å²) in [6.45, 7) is 0.344. The lowest BCUT2D eigenvalue weighted by Gasteiger charge is -2.06. The third-order valence-electron chi connectivity index (χ3n) is 4.11. The number of carboxylic acid groups (broad SMARTS) is 1. The van der Waals surface area contributed by atoms with Crippen molar-refractivity contribution < 1.29 is 14.7 Å². The topological polar surface area (TPSA) is 109 Å². The Morgan fingerprint density at radius 1 is 1.17 bits per heavy atom. The predicted molar refractivity (Wildman–Crippen MR) is 110 cm³/mol. The van der Waals surface area contributed by atoms with E-state index in [0.717, 1.165) is 22.3 Å². The van der Waals surface area contributed by atoms with E-state index < -0.39 is 5.97 Å². The number of hydrogen-bond acceptors (Lipinski definition) is 5. The molecular weight excluding hydrogens is 370 g/mol. The van der Waals surface area contributed by atoms with Crippen LogP contribution in [-0.2, 0) is 23.2 Å². The zero-order valence-electron chi connectivity index (χ0n) is 15.9. The minimum atomic E-state index is -0.902. The van der Waals surface area contributed by atoms with Crippen LogP contribution in [-0.4, -0.2) is 38.3 Å². The van der Waals surface area contributed by atoms with Gasteiger partial charge in [0.25, 0.3) is 0 Å². The molecule has 0 aliphatic rings. The first-order chi connectivity index (χ1) is 14.0. The number of nitrogens with zero attached hydrogens (tertiary/aromatic N) is 3. The number of benzene rings is 1.